The zero-order valence-electron chi connectivity index (χ0n) is 4.59. The predicted molar refractivity (Wildman–Crippen MR) is 21.7 cm³/mol. The molecule has 0 aliphatic heterocycles. The van der Waals surface area contributed by atoms with E-state index >= 15 is 0 Å². The first-order valence-corrected chi connectivity index (χ1v) is 2.98. The Morgan fingerprint density at radius 1 is 0.727 bits per heavy atom. The molecule has 0 aromatic heterocycles. The molecule has 11 heavy (non-hydrogen) atoms. The normalized spacial score (nSPS) is 15.3. The van der Waals surface area contributed by atoms with Crippen LogP contribution < -0.4 is 0 Å². The molecule has 8 heteroatoms. The summed E-state index contributed by atoms with van der Waals surface area (Å²) >= 11 is -0.0129. The average Bonchev–Trinajstić information content (AvgIpc) is 1.58. The second-order valence-corrected chi connectivity index (χ2v) is 2.79. The second-order valence-electron chi connectivity index (χ2n) is 1.61. The summed E-state index contributed by atoms with van der Waals surface area (Å²) in [6, 6.07) is 0. The monoisotopic (exact) mass is 244 g/mol. The molecular weight excluding hydrogens is 244 g/mol. The van der Waals surface area contributed by atoms with E-state index in [4.69, 9.17) is 0 Å². The summed E-state index contributed by atoms with van der Waals surface area (Å²) in [5, 5.41) is 0. The van der Waals surface area contributed by atoms with Crippen LogP contribution in [0.25, 0.3) is 0 Å². The molecule has 0 bridgehead atoms. The van der Waals surface area contributed by atoms with Gasteiger partial charge in [0.2, 0.25) is 0 Å². The van der Waals surface area contributed by atoms with Crippen molar-refractivity contribution in [2.45, 2.75) is 16.8 Å². The fourth-order valence-corrected chi connectivity index (χ4v) is 0.437. The number of hydrogen-bond donors (Lipinski definition) is 0. The third-order valence-corrected chi connectivity index (χ3v) is 1.32. The van der Waals surface area contributed by atoms with Gasteiger partial charge in [-0.1, -0.05) is 0 Å². The van der Waals surface area contributed by atoms with Gasteiger partial charge in [-0.15, -0.1) is 0 Å². The van der Waals surface area contributed by atoms with Crippen LogP contribution in [0, 0.1) is 0 Å². The van der Waals surface area contributed by atoms with Crippen LogP contribution in [-0.2, 0) is 0 Å². The van der Waals surface area contributed by atoms with E-state index in [2.05, 4.69) is 0 Å². The number of rotatable bonds is 1. The van der Waals surface area contributed by atoms with E-state index in [9.17, 15) is 30.7 Å². The van der Waals surface area contributed by atoms with Crippen LogP contribution in [0.5, 0.6) is 0 Å². The molecule has 0 N–H and O–H groups in total. The van der Waals surface area contributed by atoms with Gasteiger partial charge in [0.1, 0.15) is 0 Å². The molecular formula is C3AsF7. The second kappa shape index (κ2) is 2.54. The van der Waals surface area contributed by atoms with Gasteiger partial charge in [0.15, 0.2) is 0 Å². The molecule has 0 saturated heterocycles. The van der Waals surface area contributed by atoms with Crippen molar-refractivity contribution in [2.24, 2.45) is 0 Å². The van der Waals surface area contributed by atoms with Gasteiger partial charge in [-0.3, -0.25) is 0 Å². The topological polar surface area (TPSA) is 0 Å². The van der Waals surface area contributed by atoms with Crippen molar-refractivity contribution in [1.29, 1.82) is 0 Å². The number of alkyl halides is 7. The summed E-state index contributed by atoms with van der Waals surface area (Å²) in [5.74, 6) is -5.99. The van der Waals surface area contributed by atoms with Crippen molar-refractivity contribution in [3.05, 3.63) is 0 Å². The molecule has 0 aromatic carbocycles. The van der Waals surface area contributed by atoms with Crippen LogP contribution >= 0.6 is 0 Å². The fourth-order valence-electron chi connectivity index (χ4n) is 0.171. The SMILES string of the molecule is FC(F)(F)C(F)(F)C(F)(F)[As]. The molecule has 0 spiro atoms. The Bertz CT molecular complexity index is 125. The zero-order valence-corrected chi connectivity index (χ0v) is 6.47. The molecule has 0 fully saturated rings. The van der Waals surface area contributed by atoms with Crippen LogP contribution in [0.2, 0.25) is 0 Å². The van der Waals surface area contributed by atoms with Gasteiger partial charge in [-0.2, -0.15) is 0 Å². The van der Waals surface area contributed by atoms with E-state index in [0.717, 1.165) is 0 Å². The predicted octanol–water partition coefficient (Wildman–Crippen LogP) is 1.95. The quantitative estimate of drug-likeness (QED) is 0.488. The third-order valence-electron chi connectivity index (χ3n) is 0.734. The van der Waals surface area contributed by atoms with Crippen LogP contribution in [0.4, 0.5) is 30.7 Å². The van der Waals surface area contributed by atoms with Crippen molar-refractivity contribution in [1.82, 2.24) is 0 Å². The van der Waals surface area contributed by atoms with Crippen LogP contribution in [0.3, 0.4) is 0 Å². The van der Waals surface area contributed by atoms with E-state index in [1.807, 2.05) is 0 Å². The molecule has 0 amide bonds. The Kier molecular flexibility index (Phi) is 2.55. The molecule has 0 aromatic rings. The summed E-state index contributed by atoms with van der Waals surface area (Å²) in [4.78, 5) is 0. The first-order valence-electron chi connectivity index (χ1n) is 2.05. The van der Waals surface area contributed by atoms with Gasteiger partial charge >= 0.3 is 64.4 Å². The maximum absolute atomic E-state index is 11.5. The molecule has 0 nitrogen and oxygen atoms in total. The van der Waals surface area contributed by atoms with Gasteiger partial charge in [0, 0.05) is 0 Å². The third kappa shape index (κ3) is 2.01. The molecule has 0 atom stereocenters. The van der Waals surface area contributed by atoms with Gasteiger partial charge in [-0.25, -0.2) is 0 Å². The molecule has 0 aliphatic carbocycles. The first-order chi connectivity index (χ1) is 4.50. The fraction of sp³-hybridized carbons (Fsp3) is 1.00. The molecule has 2 radical (unpaired) electrons. The molecule has 0 heterocycles. The van der Waals surface area contributed by atoms with Crippen LogP contribution in [-0.4, -0.2) is 33.7 Å². The van der Waals surface area contributed by atoms with Crippen molar-refractivity contribution in [2.75, 3.05) is 0 Å². The summed E-state index contributed by atoms with van der Waals surface area (Å²) in [6.07, 6.45) is -6.22. The van der Waals surface area contributed by atoms with E-state index in [-0.39, 0.29) is 16.9 Å². The molecule has 66 valence electrons. The van der Waals surface area contributed by atoms with Crippen molar-refractivity contribution in [3.63, 3.8) is 0 Å². The Morgan fingerprint density at radius 2 is 1.00 bits per heavy atom. The van der Waals surface area contributed by atoms with Crippen molar-refractivity contribution in [3.8, 4) is 0 Å². The van der Waals surface area contributed by atoms with E-state index in [0.29, 0.717) is 0 Å². The van der Waals surface area contributed by atoms with E-state index < -0.39 is 16.8 Å². The molecule has 0 aliphatic rings. The Labute approximate surface area is 65.2 Å². The number of hydrogen-bond acceptors (Lipinski definition) is 0. The van der Waals surface area contributed by atoms with E-state index in [1.54, 1.807) is 0 Å². The number of halogens is 7. The summed E-state index contributed by atoms with van der Waals surface area (Å²) < 4.78 is 74.2. The Balaban J connectivity index is 4.75. The summed E-state index contributed by atoms with van der Waals surface area (Å²) in [7, 11) is 0. The molecule has 0 rings (SSSR count). The van der Waals surface area contributed by atoms with E-state index in [1.165, 1.54) is 0 Å². The van der Waals surface area contributed by atoms with Crippen molar-refractivity contribution >= 4 is 16.9 Å². The van der Waals surface area contributed by atoms with Gasteiger partial charge in [0.25, 0.3) is 0 Å². The van der Waals surface area contributed by atoms with Gasteiger partial charge in [-0.05, 0) is 0 Å². The van der Waals surface area contributed by atoms with Crippen LogP contribution in [0.15, 0.2) is 0 Å². The first kappa shape index (κ1) is 11.1. The van der Waals surface area contributed by atoms with Gasteiger partial charge < -0.3 is 0 Å². The standard InChI is InChI=1S/C3AsF7/c4-2(7,8)1(5,6)3(9,10)11. The average molecular weight is 244 g/mol. The molecule has 0 unspecified atom stereocenters. The van der Waals surface area contributed by atoms with Gasteiger partial charge in [0.05, 0.1) is 0 Å². The Morgan fingerprint density at radius 3 is 1.00 bits per heavy atom. The minimum atomic E-state index is -6.22. The maximum atomic E-state index is 11.5. The molecule has 0 saturated carbocycles. The summed E-state index contributed by atoms with van der Waals surface area (Å²) in [6.45, 7) is 0. The van der Waals surface area contributed by atoms with Crippen LogP contribution in [0.1, 0.15) is 0 Å². The van der Waals surface area contributed by atoms with Crippen molar-refractivity contribution < 1.29 is 30.7 Å². The minimum absolute atomic E-state index is 0.0129. The Hall–Kier alpha value is 0.0684. The zero-order chi connectivity index (χ0) is 9.50. The summed E-state index contributed by atoms with van der Waals surface area (Å²) in [5.41, 5.74) is 0.